The molecule has 168 valence electrons. The van der Waals surface area contributed by atoms with E-state index in [4.69, 9.17) is 4.74 Å². The Morgan fingerprint density at radius 3 is 2.61 bits per heavy atom. The minimum absolute atomic E-state index is 0.126. The summed E-state index contributed by atoms with van der Waals surface area (Å²) in [6.45, 7) is -0.395. The highest BCUT2D eigenvalue weighted by Gasteiger charge is 2.52. The van der Waals surface area contributed by atoms with Crippen molar-refractivity contribution in [2.24, 2.45) is 0 Å². The Bertz CT molecular complexity index is 1230. The molecule has 2 aliphatic rings. The van der Waals surface area contributed by atoms with Crippen molar-refractivity contribution < 1.29 is 19.1 Å². The summed E-state index contributed by atoms with van der Waals surface area (Å²) >= 11 is 0. The highest BCUT2D eigenvalue weighted by molar-refractivity contribution is 6.15. The third-order valence-corrected chi connectivity index (χ3v) is 6.52. The number of ether oxygens (including phenoxy) is 1. The van der Waals surface area contributed by atoms with Crippen LogP contribution < -0.4 is 10.2 Å². The van der Waals surface area contributed by atoms with Crippen LogP contribution in [0.25, 0.3) is 10.9 Å². The molecule has 2 heterocycles. The van der Waals surface area contributed by atoms with Crippen molar-refractivity contribution in [3.05, 3.63) is 66.4 Å². The first-order valence-electron chi connectivity index (χ1n) is 11.3. The molecule has 3 aromatic rings. The monoisotopic (exact) mass is 443 g/mol. The second-order valence-corrected chi connectivity index (χ2v) is 8.60. The number of aromatic nitrogens is 1. The molecule has 0 saturated heterocycles. The third-order valence-electron chi connectivity index (χ3n) is 6.52. The fourth-order valence-corrected chi connectivity index (χ4v) is 4.89. The minimum atomic E-state index is -0.910. The maximum absolute atomic E-state index is 13.2. The molecule has 2 aromatic carbocycles. The Kier molecular flexibility index (Phi) is 5.54. The fraction of sp³-hybridized carbons (Fsp3) is 0.308. The summed E-state index contributed by atoms with van der Waals surface area (Å²) in [5.74, 6) is -1.01. The summed E-state index contributed by atoms with van der Waals surface area (Å²) in [4.78, 5) is 44.7. The molecule has 7 nitrogen and oxygen atoms in total. The van der Waals surface area contributed by atoms with Gasteiger partial charge in [0.05, 0.1) is 23.3 Å². The Morgan fingerprint density at radius 2 is 1.76 bits per heavy atom. The number of amides is 2. The number of rotatable bonds is 5. The zero-order chi connectivity index (χ0) is 22.8. The van der Waals surface area contributed by atoms with Crippen molar-refractivity contribution in [1.29, 1.82) is 0 Å². The van der Waals surface area contributed by atoms with Crippen molar-refractivity contribution in [2.75, 3.05) is 16.8 Å². The van der Waals surface area contributed by atoms with Crippen LogP contribution in [0.1, 0.15) is 37.8 Å². The van der Waals surface area contributed by atoms with Gasteiger partial charge in [-0.2, -0.15) is 0 Å². The maximum Gasteiger partial charge on any atom is 0.306 e. The van der Waals surface area contributed by atoms with Gasteiger partial charge >= 0.3 is 5.97 Å². The molecule has 33 heavy (non-hydrogen) atoms. The molecule has 1 saturated carbocycles. The van der Waals surface area contributed by atoms with E-state index < -0.39 is 18.1 Å². The van der Waals surface area contributed by atoms with Crippen molar-refractivity contribution in [2.45, 2.75) is 44.1 Å². The van der Waals surface area contributed by atoms with E-state index in [1.165, 1.54) is 0 Å². The number of benzene rings is 2. The summed E-state index contributed by atoms with van der Waals surface area (Å²) in [5.41, 5.74) is 2.01. The van der Waals surface area contributed by atoms with Gasteiger partial charge in [-0.15, -0.1) is 0 Å². The van der Waals surface area contributed by atoms with Crippen LogP contribution in [0.15, 0.2) is 60.7 Å². The average molecular weight is 444 g/mol. The van der Waals surface area contributed by atoms with Crippen LogP contribution in [0.5, 0.6) is 0 Å². The molecule has 5 rings (SSSR count). The molecule has 1 fully saturated rings. The zero-order valence-electron chi connectivity index (χ0n) is 18.3. The Morgan fingerprint density at radius 1 is 1.00 bits per heavy atom. The van der Waals surface area contributed by atoms with E-state index in [2.05, 4.69) is 10.3 Å². The van der Waals surface area contributed by atoms with Gasteiger partial charge in [-0.1, -0.05) is 49.2 Å². The predicted molar refractivity (Wildman–Crippen MR) is 125 cm³/mol. The van der Waals surface area contributed by atoms with E-state index in [0.717, 1.165) is 29.4 Å². The summed E-state index contributed by atoms with van der Waals surface area (Å²) in [5, 5.41) is 3.99. The van der Waals surface area contributed by atoms with Gasteiger partial charge in [-0.25, -0.2) is 0 Å². The number of hydrogen-bond acceptors (Lipinski definition) is 5. The highest BCUT2D eigenvalue weighted by Crippen LogP contribution is 2.45. The molecule has 1 N–H and O–H groups in total. The lowest BCUT2D eigenvalue weighted by Crippen LogP contribution is -2.61. The predicted octanol–water partition coefficient (Wildman–Crippen LogP) is 4.01. The summed E-state index contributed by atoms with van der Waals surface area (Å²) in [6, 6.07) is 18.9. The lowest BCUT2D eigenvalue weighted by Gasteiger charge is -2.44. The van der Waals surface area contributed by atoms with Crippen molar-refractivity contribution in [1.82, 2.24) is 4.98 Å². The van der Waals surface area contributed by atoms with Crippen molar-refractivity contribution in [3.8, 4) is 0 Å². The molecule has 2 amide bonds. The number of fused-ring (bicyclic) bond motifs is 2. The molecular formula is C26H25N3O4. The van der Waals surface area contributed by atoms with Gasteiger partial charge in [0.25, 0.3) is 11.8 Å². The van der Waals surface area contributed by atoms with Crippen LogP contribution >= 0.6 is 0 Å². The van der Waals surface area contributed by atoms with Crippen LogP contribution in [0.4, 0.5) is 11.4 Å². The number of aryl methyl sites for hydroxylation is 1. The van der Waals surface area contributed by atoms with Crippen LogP contribution in [0.3, 0.4) is 0 Å². The van der Waals surface area contributed by atoms with Gasteiger partial charge in [-0.3, -0.25) is 24.3 Å². The number of nitrogens with zero attached hydrogens (tertiary/aromatic N) is 2. The first-order chi connectivity index (χ1) is 16.1. The second kappa shape index (κ2) is 8.65. The Labute approximate surface area is 191 Å². The molecular weight excluding hydrogens is 418 g/mol. The number of esters is 1. The van der Waals surface area contributed by atoms with E-state index in [9.17, 15) is 14.4 Å². The minimum Gasteiger partial charge on any atom is -0.456 e. The molecule has 0 atom stereocenters. The van der Waals surface area contributed by atoms with E-state index in [1.54, 1.807) is 11.0 Å². The first-order valence-corrected chi connectivity index (χ1v) is 11.3. The summed E-state index contributed by atoms with van der Waals surface area (Å²) < 4.78 is 5.33. The number of hydrogen-bond donors (Lipinski definition) is 1. The number of anilines is 2. The van der Waals surface area contributed by atoms with Gasteiger partial charge in [0.2, 0.25) is 0 Å². The molecule has 1 aliphatic carbocycles. The number of pyridine rings is 1. The quantitative estimate of drug-likeness (QED) is 0.602. The van der Waals surface area contributed by atoms with E-state index >= 15 is 0 Å². The normalized spacial score (nSPS) is 16.5. The van der Waals surface area contributed by atoms with Gasteiger partial charge in [0.15, 0.2) is 6.61 Å². The van der Waals surface area contributed by atoms with Crippen molar-refractivity contribution in [3.63, 3.8) is 0 Å². The number of nitrogens with one attached hydrogen (secondary N) is 1. The number of para-hydroxylation sites is 3. The topological polar surface area (TPSA) is 88.6 Å². The van der Waals surface area contributed by atoms with E-state index in [-0.39, 0.29) is 18.2 Å². The Balaban J connectivity index is 1.25. The second-order valence-electron chi connectivity index (χ2n) is 8.60. The SMILES string of the molecule is O=C(CCc1ccc2ccccc2n1)OCC(=O)N1c2ccccc2NC(=O)C12CCCC2. The molecule has 0 unspecified atom stereocenters. The van der Waals surface area contributed by atoms with Gasteiger partial charge < -0.3 is 10.1 Å². The van der Waals surface area contributed by atoms with E-state index in [1.807, 2.05) is 54.6 Å². The largest absolute Gasteiger partial charge is 0.456 e. The molecule has 1 aliphatic heterocycles. The van der Waals surface area contributed by atoms with Gasteiger partial charge in [-0.05, 0) is 37.1 Å². The number of carbonyl (C=O) groups excluding carboxylic acids is 3. The average Bonchev–Trinajstić information content (AvgIpc) is 3.32. The fourth-order valence-electron chi connectivity index (χ4n) is 4.89. The Hall–Kier alpha value is -3.74. The number of carbonyl (C=O) groups is 3. The summed E-state index contributed by atoms with van der Waals surface area (Å²) in [6.07, 6.45) is 3.49. The van der Waals surface area contributed by atoms with Crippen LogP contribution in [0.2, 0.25) is 0 Å². The highest BCUT2D eigenvalue weighted by atomic mass is 16.5. The van der Waals surface area contributed by atoms with Crippen LogP contribution in [-0.2, 0) is 25.5 Å². The zero-order valence-corrected chi connectivity index (χ0v) is 18.3. The molecule has 0 radical (unpaired) electrons. The third kappa shape index (κ3) is 3.95. The van der Waals surface area contributed by atoms with Crippen LogP contribution in [0, 0.1) is 0 Å². The molecule has 7 heteroatoms. The molecule has 1 spiro atoms. The first kappa shape index (κ1) is 21.1. The lowest BCUT2D eigenvalue weighted by atomic mass is 9.90. The van der Waals surface area contributed by atoms with Gasteiger partial charge in [0.1, 0.15) is 5.54 Å². The smallest absolute Gasteiger partial charge is 0.306 e. The van der Waals surface area contributed by atoms with Crippen LogP contribution in [-0.4, -0.2) is 34.9 Å². The molecule has 0 bridgehead atoms. The lowest BCUT2D eigenvalue weighted by molar-refractivity contribution is -0.148. The standard InChI is InChI=1S/C26H25N3O4/c30-23(17-33-24(31)14-13-19-12-11-18-7-1-2-8-20(18)27-19)29-22-10-4-3-9-21(22)28-25(32)26(29)15-5-6-16-26/h1-4,7-12H,5-6,13-17H2,(H,28,32). The maximum atomic E-state index is 13.2. The van der Waals surface area contributed by atoms with Crippen molar-refractivity contribution >= 4 is 40.1 Å². The molecule has 1 aromatic heterocycles. The van der Waals surface area contributed by atoms with E-state index in [0.29, 0.717) is 30.6 Å². The summed E-state index contributed by atoms with van der Waals surface area (Å²) in [7, 11) is 0. The van der Waals surface area contributed by atoms with Gasteiger partial charge in [0, 0.05) is 17.5 Å².